The lowest BCUT2D eigenvalue weighted by atomic mass is 9.94. The minimum atomic E-state index is -0.211. The molecule has 13 heavy (non-hydrogen) atoms. The fourth-order valence-corrected chi connectivity index (χ4v) is 2.64. The normalized spacial score (nSPS) is 42.5. The molecule has 3 rings (SSSR count). The minimum absolute atomic E-state index is 0.211. The highest BCUT2D eigenvalue weighted by Gasteiger charge is 2.50. The van der Waals surface area contributed by atoms with E-state index in [1.807, 2.05) is 0 Å². The zero-order valence-corrected chi connectivity index (χ0v) is 7.83. The zero-order valence-electron chi connectivity index (χ0n) is 7.83. The van der Waals surface area contributed by atoms with Crippen LogP contribution in [0.2, 0.25) is 0 Å². The number of hydrogen-bond acceptors (Lipinski definition) is 3. The predicted octanol–water partition coefficient (Wildman–Crippen LogP) is 1.46. The third-order valence-corrected chi connectivity index (χ3v) is 3.33. The van der Waals surface area contributed by atoms with Crippen LogP contribution in [-0.2, 0) is 14.2 Å². The number of hydrogen-bond donors (Lipinski definition) is 0. The second-order valence-electron chi connectivity index (χ2n) is 4.32. The molecule has 0 aromatic carbocycles. The molecule has 2 saturated heterocycles. The maximum atomic E-state index is 5.97. The monoisotopic (exact) mass is 184 g/mol. The van der Waals surface area contributed by atoms with Gasteiger partial charge in [0.15, 0.2) is 5.79 Å². The summed E-state index contributed by atoms with van der Waals surface area (Å²) in [6.07, 6.45) is 6.44. The molecule has 3 aliphatic rings. The molecule has 1 spiro atoms. The van der Waals surface area contributed by atoms with Gasteiger partial charge in [-0.1, -0.05) is 6.42 Å². The molecule has 0 amide bonds. The van der Waals surface area contributed by atoms with Gasteiger partial charge in [0.2, 0.25) is 0 Å². The van der Waals surface area contributed by atoms with Crippen LogP contribution in [0, 0.1) is 0 Å². The molecule has 1 saturated carbocycles. The molecule has 0 bridgehead atoms. The highest BCUT2D eigenvalue weighted by Crippen LogP contribution is 2.41. The van der Waals surface area contributed by atoms with E-state index < -0.39 is 0 Å². The van der Waals surface area contributed by atoms with E-state index in [9.17, 15) is 0 Å². The van der Waals surface area contributed by atoms with Gasteiger partial charge in [0, 0.05) is 12.8 Å². The summed E-state index contributed by atoms with van der Waals surface area (Å²) in [6.45, 7) is 1.46. The van der Waals surface area contributed by atoms with Crippen molar-refractivity contribution in [3.8, 4) is 0 Å². The molecule has 0 N–H and O–H groups in total. The Morgan fingerprint density at radius 1 is 0.846 bits per heavy atom. The topological polar surface area (TPSA) is 27.7 Å². The van der Waals surface area contributed by atoms with Crippen molar-refractivity contribution < 1.29 is 14.2 Å². The molecule has 74 valence electrons. The average molecular weight is 184 g/mol. The Balaban J connectivity index is 1.73. The van der Waals surface area contributed by atoms with E-state index in [-0.39, 0.29) is 18.0 Å². The van der Waals surface area contributed by atoms with Crippen LogP contribution in [-0.4, -0.2) is 31.2 Å². The van der Waals surface area contributed by atoms with Crippen LogP contribution < -0.4 is 0 Å². The van der Waals surface area contributed by atoms with Crippen molar-refractivity contribution in [2.75, 3.05) is 13.2 Å². The number of fused-ring (bicyclic) bond motifs is 1. The van der Waals surface area contributed by atoms with Gasteiger partial charge in [-0.25, -0.2) is 0 Å². The van der Waals surface area contributed by atoms with E-state index >= 15 is 0 Å². The third kappa shape index (κ3) is 1.30. The van der Waals surface area contributed by atoms with E-state index in [0.29, 0.717) is 0 Å². The van der Waals surface area contributed by atoms with Gasteiger partial charge in [0.05, 0.1) is 13.2 Å². The lowest BCUT2D eigenvalue weighted by Crippen LogP contribution is -2.34. The summed E-state index contributed by atoms with van der Waals surface area (Å²) in [5.74, 6) is -0.211. The Labute approximate surface area is 78.3 Å². The van der Waals surface area contributed by atoms with Gasteiger partial charge in [-0.05, 0) is 12.8 Å². The van der Waals surface area contributed by atoms with E-state index in [1.165, 1.54) is 19.3 Å². The summed E-state index contributed by atoms with van der Waals surface area (Å²) >= 11 is 0. The molecule has 0 radical (unpaired) electrons. The maximum Gasteiger partial charge on any atom is 0.169 e. The SMILES string of the molecule is C1CCC2(CC1)OC1COCC1O2. The minimum Gasteiger partial charge on any atom is -0.376 e. The van der Waals surface area contributed by atoms with Crippen LogP contribution in [0.15, 0.2) is 0 Å². The van der Waals surface area contributed by atoms with Crippen LogP contribution >= 0.6 is 0 Å². The Morgan fingerprint density at radius 3 is 2.08 bits per heavy atom. The van der Waals surface area contributed by atoms with Gasteiger partial charge >= 0.3 is 0 Å². The Hall–Kier alpha value is -0.120. The molecule has 3 fully saturated rings. The second-order valence-corrected chi connectivity index (χ2v) is 4.32. The van der Waals surface area contributed by atoms with Crippen molar-refractivity contribution in [2.24, 2.45) is 0 Å². The first-order valence-electron chi connectivity index (χ1n) is 5.31. The van der Waals surface area contributed by atoms with Crippen molar-refractivity contribution in [1.82, 2.24) is 0 Å². The molecular weight excluding hydrogens is 168 g/mol. The van der Waals surface area contributed by atoms with Crippen molar-refractivity contribution in [3.63, 3.8) is 0 Å². The summed E-state index contributed by atoms with van der Waals surface area (Å²) < 4.78 is 17.2. The molecule has 0 aromatic rings. The average Bonchev–Trinajstić information content (AvgIpc) is 2.64. The Bertz CT molecular complexity index is 184. The number of rotatable bonds is 0. The van der Waals surface area contributed by atoms with Crippen LogP contribution in [0.25, 0.3) is 0 Å². The lowest BCUT2D eigenvalue weighted by Gasteiger charge is -2.32. The fraction of sp³-hybridized carbons (Fsp3) is 1.00. The first kappa shape index (κ1) is 8.21. The van der Waals surface area contributed by atoms with Gasteiger partial charge < -0.3 is 14.2 Å². The van der Waals surface area contributed by atoms with Gasteiger partial charge in [0.25, 0.3) is 0 Å². The van der Waals surface area contributed by atoms with E-state index in [1.54, 1.807) is 0 Å². The molecule has 2 aliphatic heterocycles. The van der Waals surface area contributed by atoms with Crippen LogP contribution in [0.5, 0.6) is 0 Å². The van der Waals surface area contributed by atoms with Crippen molar-refractivity contribution in [3.05, 3.63) is 0 Å². The highest BCUT2D eigenvalue weighted by atomic mass is 16.8. The zero-order chi connectivity index (χ0) is 8.73. The Kier molecular flexibility index (Phi) is 1.86. The Morgan fingerprint density at radius 2 is 1.46 bits per heavy atom. The van der Waals surface area contributed by atoms with Crippen LogP contribution in [0.4, 0.5) is 0 Å². The largest absolute Gasteiger partial charge is 0.376 e. The predicted molar refractivity (Wildman–Crippen MR) is 46.4 cm³/mol. The molecule has 0 aromatic heterocycles. The summed E-state index contributed by atoms with van der Waals surface area (Å²) in [5, 5.41) is 0. The molecule has 2 atom stereocenters. The van der Waals surface area contributed by atoms with E-state index in [4.69, 9.17) is 14.2 Å². The third-order valence-electron chi connectivity index (χ3n) is 3.33. The van der Waals surface area contributed by atoms with E-state index in [2.05, 4.69) is 0 Å². The highest BCUT2D eigenvalue weighted by molar-refractivity contribution is 4.90. The lowest BCUT2D eigenvalue weighted by molar-refractivity contribution is -0.207. The molecule has 3 heteroatoms. The molecule has 2 heterocycles. The van der Waals surface area contributed by atoms with Crippen LogP contribution in [0.1, 0.15) is 32.1 Å². The summed E-state index contributed by atoms with van der Waals surface area (Å²) in [6, 6.07) is 0. The first-order valence-corrected chi connectivity index (χ1v) is 5.31. The second kappa shape index (κ2) is 2.94. The van der Waals surface area contributed by atoms with Gasteiger partial charge in [-0.2, -0.15) is 0 Å². The smallest absolute Gasteiger partial charge is 0.169 e. The van der Waals surface area contributed by atoms with Gasteiger partial charge in [-0.15, -0.1) is 0 Å². The summed E-state index contributed by atoms with van der Waals surface area (Å²) in [7, 11) is 0. The molecule has 3 nitrogen and oxygen atoms in total. The van der Waals surface area contributed by atoms with Crippen molar-refractivity contribution in [2.45, 2.75) is 50.1 Å². The molecule has 2 unspecified atom stereocenters. The van der Waals surface area contributed by atoms with E-state index in [0.717, 1.165) is 26.1 Å². The quantitative estimate of drug-likeness (QED) is 0.570. The van der Waals surface area contributed by atoms with Crippen molar-refractivity contribution in [1.29, 1.82) is 0 Å². The summed E-state index contributed by atoms with van der Waals surface area (Å²) in [5.41, 5.74) is 0. The molecular formula is C10H16O3. The van der Waals surface area contributed by atoms with Crippen LogP contribution in [0.3, 0.4) is 0 Å². The first-order chi connectivity index (χ1) is 6.38. The van der Waals surface area contributed by atoms with Crippen molar-refractivity contribution >= 4 is 0 Å². The summed E-state index contributed by atoms with van der Waals surface area (Å²) in [4.78, 5) is 0. The standard InChI is InChI=1S/C10H16O3/c1-2-4-10(5-3-1)12-8-6-11-7-9(8)13-10/h8-9H,1-7H2. The van der Waals surface area contributed by atoms with Gasteiger partial charge in [0.1, 0.15) is 12.2 Å². The maximum absolute atomic E-state index is 5.97. The van der Waals surface area contributed by atoms with Gasteiger partial charge in [-0.3, -0.25) is 0 Å². The molecule has 1 aliphatic carbocycles. The fourth-order valence-electron chi connectivity index (χ4n) is 2.64. The number of ether oxygens (including phenoxy) is 3.